The number of hydrogen-bond donors (Lipinski definition) is 1. The molecule has 1 fully saturated rings. The maximum absolute atomic E-state index is 13.0. The molecular formula is C13H20FN3. The van der Waals surface area contributed by atoms with Crippen LogP contribution < -0.4 is 5.43 Å². The lowest BCUT2D eigenvalue weighted by Crippen LogP contribution is -2.51. The van der Waals surface area contributed by atoms with Gasteiger partial charge >= 0.3 is 0 Å². The molecule has 2 heterocycles. The number of hydrazine groups is 1. The zero-order chi connectivity index (χ0) is 12.3. The second-order valence-electron chi connectivity index (χ2n) is 4.88. The molecule has 0 spiro atoms. The van der Waals surface area contributed by atoms with Gasteiger partial charge in [-0.3, -0.25) is 10.4 Å². The van der Waals surface area contributed by atoms with Crippen LogP contribution in [0.15, 0.2) is 18.5 Å². The van der Waals surface area contributed by atoms with Crippen LogP contribution in [-0.2, 0) is 6.54 Å². The molecule has 1 saturated heterocycles. The van der Waals surface area contributed by atoms with Gasteiger partial charge in [0.1, 0.15) is 5.82 Å². The summed E-state index contributed by atoms with van der Waals surface area (Å²) in [7, 11) is 0. The summed E-state index contributed by atoms with van der Waals surface area (Å²) in [6.45, 7) is 5.10. The van der Waals surface area contributed by atoms with Crippen molar-refractivity contribution < 1.29 is 4.39 Å². The molecule has 1 aliphatic rings. The summed E-state index contributed by atoms with van der Waals surface area (Å²) < 4.78 is 13.0. The van der Waals surface area contributed by atoms with Gasteiger partial charge < -0.3 is 0 Å². The normalized spacial score (nSPS) is 26.1. The van der Waals surface area contributed by atoms with E-state index in [-0.39, 0.29) is 5.82 Å². The Morgan fingerprint density at radius 3 is 2.71 bits per heavy atom. The standard InChI is InChI=1S/C13H20FN3/c1-10-4-3-5-11(2)17(10)16-8-12-6-13(14)9-15-7-12/h6-7,9-11,16H,3-5,8H2,1-2H3. The van der Waals surface area contributed by atoms with Gasteiger partial charge in [-0.15, -0.1) is 0 Å². The number of rotatable bonds is 3. The molecule has 3 nitrogen and oxygen atoms in total. The van der Waals surface area contributed by atoms with Crippen molar-refractivity contribution in [2.45, 2.75) is 51.7 Å². The van der Waals surface area contributed by atoms with Crippen molar-refractivity contribution in [3.8, 4) is 0 Å². The van der Waals surface area contributed by atoms with Crippen LogP contribution in [-0.4, -0.2) is 22.1 Å². The molecule has 17 heavy (non-hydrogen) atoms. The molecule has 2 unspecified atom stereocenters. The summed E-state index contributed by atoms with van der Waals surface area (Å²) in [5, 5.41) is 2.29. The Kier molecular flexibility index (Phi) is 4.07. The Bertz CT molecular complexity index is 359. The van der Waals surface area contributed by atoms with Crippen molar-refractivity contribution in [2.24, 2.45) is 0 Å². The second kappa shape index (κ2) is 5.56. The number of hydrogen-bond acceptors (Lipinski definition) is 3. The van der Waals surface area contributed by atoms with Crippen LogP contribution in [0.3, 0.4) is 0 Å². The average molecular weight is 237 g/mol. The van der Waals surface area contributed by atoms with Gasteiger partial charge in [-0.25, -0.2) is 9.40 Å². The molecule has 4 heteroatoms. The van der Waals surface area contributed by atoms with Crippen molar-refractivity contribution in [2.75, 3.05) is 0 Å². The minimum absolute atomic E-state index is 0.274. The van der Waals surface area contributed by atoms with Crippen LogP contribution in [0.1, 0.15) is 38.7 Å². The molecule has 1 aliphatic heterocycles. The van der Waals surface area contributed by atoms with E-state index in [0.29, 0.717) is 18.6 Å². The molecule has 1 aromatic heterocycles. The third-order valence-electron chi connectivity index (χ3n) is 3.42. The van der Waals surface area contributed by atoms with Gasteiger partial charge in [0.2, 0.25) is 0 Å². The van der Waals surface area contributed by atoms with Gasteiger partial charge in [0.15, 0.2) is 0 Å². The van der Waals surface area contributed by atoms with Gasteiger partial charge in [-0.05, 0) is 38.3 Å². The molecule has 0 aliphatic carbocycles. The van der Waals surface area contributed by atoms with Crippen molar-refractivity contribution in [1.29, 1.82) is 0 Å². The van der Waals surface area contributed by atoms with E-state index in [1.807, 2.05) is 0 Å². The molecule has 0 radical (unpaired) electrons. The molecule has 2 atom stereocenters. The monoisotopic (exact) mass is 237 g/mol. The Hall–Kier alpha value is -1.00. The molecule has 94 valence electrons. The van der Waals surface area contributed by atoms with Gasteiger partial charge in [0, 0.05) is 24.8 Å². The minimum Gasteiger partial charge on any atom is -0.261 e. The van der Waals surface area contributed by atoms with Crippen LogP contribution in [0.25, 0.3) is 0 Å². The average Bonchev–Trinajstić information content (AvgIpc) is 2.28. The second-order valence-corrected chi connectivity index (χ2v) is 4.88. The largest absolute Gasteiger partial charge is 0.261 e. The van der Waals surface area contributed by atoms with E-state index in [2.05, 4.69) is 29.3 Å². The molecule has 0 saturated carbocycles. The van der Waals surface area contributed by atoms with Crippen LogP contribution in [0.4, 0.5) is 4.39 Å². The maximum atomic E-state index is 13.0. The number of nitrogens with one attached hydrogen (secondary N) is 1. The number of nitrogens with zero attached hydrogens (tertiary/aromatic N) is 2. The van der Waals surface area contributed by atoms with Gasteiger partial charge in [-0.1, -0.05) is 6.42 Å². The lowest BCUT2D eigenvalue weighted by molar-refractivity contribution is 0.0435. The summed E-state index contributed by atoms with van der Waals surface area (Å²) in [5.41, 5.74) is 4.28. The highest BCUT2D eigenvalue weighted by Gasteiger charge is 2.23. The van der Waals surface area contributed by atoms with Crippen LogP contribution >= 0.6 is 0 Å². The van der Waals surface area contributed by atoms with Crippen LogP contribution in [0, 0.1) is 5.82 Å². The number of aromatic nitrogens is 1. The van der Waals surface area contributed by atoms with Crippen molar-refractivity contribution >= 4 is 0 Å². The Morgan fingerprint density at radius 1 is 1.35 bits per heavy atom. The quantitative estimate of drug-likeness (QED) is 0.875. The number of halogens is 1. The van der Waals surface area contributed by atoms with E-state index < -0.39 is 0 Å². The highest BCUT2D eigenvalue weighted by Crippen LogP contribution is 2.20. The fourth-order valence-electron chi connectivity index (χ4n) is 2.47. The smallest absolute Gasteiger partial charge is 0.141 e. The highest BCUT2D eigenvalue weighted by atomic mass is 19.1. The highest BCUT2D eigenvalue weighted by molar-refractivity contribution is 5.09. The van der Waals surface area contributed by atoms with E-state index in [1.165, 1.54) is 31.5 Å². The first-order valence-electron chi connectivity index (χ1n) is 6.28. The fourth-order valence-corrected chi connectivity index (χ4v) is 2.47. The van der Waals surface area contributed by atoms with Gasteiger partial charge in [0.05, 0.1) is 6.20 Å². The lowest BCUT2D eigenvalue weighted by Gasteiger charge is -2.39. The van der Waals surface area contributed by atoms with Gasteiger partial charge in [0.25, 0.3) is 0 Å². The summed E-state index contributed by atoms with van der Waals surface area (Å²) in [5.74, 6) is -0.274. The summed E-state index contributed by atoms with van der Waals surface area (Å²) in [6, 6.07) is 2.61. The zero-order valence-electron chi connectivity index (χ0n) is 10.5. The van der Waals surface area contributed by atoms with Gasteiger partial charge in [-0.2, -0.15) is 0 Å². The first-order valence-corrected chi connectivity index (χ1v) is 6.28. The zero-order valence-corrected chi connectivity index (χ0v) is 10.5. The third kappa shape index (κ3) is 3.23. The molecule has 1 N–H and O–H groups in total. The summed E-state index contributed by atoms with van der Waals surface area (Å²) >= 11 is 0. The molecular weight excluding hydrogens is 217 g/mol. The van der Waals surface area contributed by atoms with E-state index >= 15 is 0 Å². The SMILES string of the molecule is CC1CCCC(C)N1NCc1cncc(F)c1. The summed E-state index contributed by atoms with van der Waals surface area (Å²) in [4.78, 5) is 3.85. The van der Waals surface area contributed by atoms with E-state index in [1.54, 1.807) is 6.20 Å². The molecule has 0 aromatic carbocycles. The first-order chi connectivity index (χ1) is 8.16. The predicted molar refractivity (Wildman–Crippen MR) is 65.6 cm³/mol. The van der Waals surface area contributed by atoms with E-state index in [9.17, 15) is 4.39 Å². The molecule has 0 bridgehead atoms. The van der Waals surface area contributed by atoms with Crippen molar-refractivity contribution in [3.63, 3.8) is 0 Å². The molecule has 1 aromatic rings. The molecule has 0 amide bonds. The predicted octanol–water partition coefficient (Wildman–Crippen LogP) is 2.49. The fraction of sp³-hybridized carbons (Fsp3) is 0.615. The minimum atomic E-state index is -0.274. The number of piperidine rings is 1. The lowest BCUT2D eigenvalue weighted by atomic mass is 10.00. The maximum Gasteiger partial charge on any atom is 0.141 e. The number of pyridine rings is 1. The Balaban J connectivity index is 1.92. The Morgan fingerprint density at radius 2 is 2.06 bits per heavy atom. The van der Waals surface area contributed by atoms with E-state index in [0.717, 1.165) is 5.56 Å². The molecule has 2 rings (SSSR count). The third-order valence-corrected chi connectivity index (χ3v) is 3.42. The van der Waals surface area contributed by atoms with Crippen molar-refractivity contribution in [1.82, 2.24) is 15.4 Å². The van der Waals surface area contributed by atoms with Crippen LogP contribution in [0.2, 0.25) is 0 Å². The van der Waals surface area contributed by atoms with Crippen molar-refractivity contribution in [3.05, 3.63) is 29.8 Å². The topological polar surface area (TPSA) is 28.2 Å². The first kappa shape index (κ1) is 12.5. The Labute approximate surface area is 102 Å². The van der Waals surface area contributed by atoms with E-state index in [4.69, 9.17) is 0 Å². The van der Waals surface area contributed by atoms with Crippen LogP contribution in [0.5, 0.6) is 0 Å². The summed E-state index contributed by atoms with van der Waals surface area (Å²) in [6.07, 6.45) is 6.67.